The lowest BCUT2D eigenvalue weighted by atomic mass is 10.1. The van der Waals surface area contributed by atoms with Gasteiger partial charge in [-0.2, -0.15) is 13.2 Å². The Labute approximate surface area is 232 Å². The number of rotatable bonds is 7. The molecule has 3 aromatic heterocycles. The van der Waals surface area contributed by atoms with E-state index in [1.165, 1.54) is 16.2 Å². The third-order valence-electron chi connectivity index (χ3n) is 6.81. The van der Waals surface area contributed by atoms with Gasteiger partial charge in [0.15, 0.2) is 0 Å². The first-order chi connectivity index (χ1) is 19.3. The first-order valence-corrected chi connectivity index (χ1v) is 13.6. The lowest BCUT2D eigenvalue weighted by molar-refractivity contribution is -0.137. The Morgan fingerprint density at radius 2 is 1.68 bits per heavy atom. The van der Waals surface area contributed by atoms with Gasteiger partial charge in [0, 0.05) is 39.9 Å². The van der Waals surface area contributed by atoms with Gasteiger partial charge in [0.2, 0.25) is 5.91 Å². The van der Waals surface area contributed by atoms with E-state index in [-0.39, 0.29) is 18.9 Å². The SMILES string of the molecule is O=C(CCc1c(-c2ccccc2)nc2ccc(-c3cc4ccccc4s3)cn12)NCc1cccc(C(F)(F)F)c1. The number of amides is 1. The van der Waals surface area contributed by atoms with Crippen molar-refractivity contribution in [3.63, 3.8) is 0 Å². The van der Waals surface area contributed by atoms with Crippen molar-refractivity contribution in [3.05, 3.63) is 120 Å². The number of benzene rings is 3. The van der Waals surface area contributed by atoms with Gasteiger partial charge in [0.05, 0.1) is 17.0 Å². The second kappa shape index (κ2) is 10.6. The molecular weight excluding hydrogens is 531 g/mol. The third kappa shape index (κ3) is 5.35. The number of hydrogen-bond donors (Lipinski definition) is 1. The van der Waals surface area contributed by atoms with Gasteiger partial charge < -0.3 is 9.72 Å². The molecule has 0 aliphatic rings. The van der Waals surface area contributed by atoms with Crippen molar-refractivity contribution in [1.82, 2.24) is 14.7 Å². The summed E-state index contributed by atoms with van der Waals surface area (Å²) in [7, 11) is 0. The molecule has 8 heteroatoms. The minimum atomic E-state index is -4.42. The van der Waals surface area contributed by atoms with Gasteiger partial charge in [-0.25, -0.2) is 4.98 Å². The van der Waals surface area contributed by atoms with E-state index < -0.39 is 11.7 Å². The van der Waals surface area contributed by atoms with E-state index in [1.807, 2.05) is 52.9 Å². The molecule has 0 atom stereocenters. The van der Waals surface area contributed by atoms with Crippen molar-refractivity contribution in [2.45, 2.75) is 25.6 Å². The molecule has 0 aliphatic heterocycles. The lowest BCUT2D eigenvalue weighted by Gasteiger charge is -2.10. The van der Waals surface area contributed by atoms with E-state index >= 15 is 0 Å². The van der Waals surface area contributed by atoms with Crippen molar-refractivity contribution >= 4 is 33.0 Å². The average molecular weight is 556 g/mol. The Balaban J connectivity index is 1.27. The van der Waals surface area contributed by atoms with Crippen LogP contribution in [-0.4, -0.2) is 15.3 Å². The molecule has 6 aromatic rings. The maximum Gasteiger partial charge on any atom is 0.416 e. The molecular formula is C32H24F3N3OS. The minimum Gasteiger partial charge on any atom is -0.352 e. The Bertz CT molecular complexity index is 1790. The smallest absolute Gasteiger partial charge is 0.352 e. The summed E-state index contributed by atoms with van der Waals surface area (Å²) in [5.41, 5.74) is 4.17. The summed E-state index contributed by atoms with van der Waals surface area (Å²) in [6, 6.07) is 29.3. The molecule has 0 fully saturated rings. The molecule has 0 saturated heterocycles. The first kappa shape index (κ1) is 25.8. The summed E-state index contributed by atoms with van der Waals surface area (Å²) in [5, 5.41) is 3.96. The second-order valence-electron chi connectivity index (χ2n) is 9.54. The van der Waals surface area contributed by atoms with Crippen molar-refractivity contribution in [1.29, 1.82) is 0 Å². The predicted molar refractivity (Wildman–Crippen MR) is 153 cm³/mol. The van der Waals surface area contributed by atoms with Gasteiger partial charge in [0.1, 0.15) is 5.65 Å². The molecule has 1 amide bonds. The van der Waals surface area contributed by atoms with Crippen LogP contribution in [0, 0.1) is 0 Å². The fourth-order valence-corrected chi connectivity index (χ4v) is 5.86. The number of nitrogens with one attached hydrogen (secondary N) is 1. The monoisotopic (exact) mass is 555 g/mol. The highest BCUT2D eigenvalue weighted by Gasteiger charge is 2.30. The number of carbonyl (C=O) groups excluding carboxylic acids is 1. The summed E-state index contributed by atoms with van der Waals surface area (Å²) in [6.45, 7) is 0.0253. The first-order valence-electron chi connectivity index (χ1n) is 12.8. The molecule has 3 aromatic carbocycles. The molecule has 0 bridgehead atoms. The van der Waals surface area contributed by atoms with E-state index in [0.29, 0.717) is 12.0 Å². The molecule has 4 nitrogen and oxygen atoms in total. The van der Waals surface area contributed by atoms with Gasteiger partial charge in [0.25, 0.3) is 0 Å². The molecule has 6 rings (SSSR count). The van der Waals surface area contributed by atoms with Crippen molar-refractivity contribution in [2.24, 2.45) is 0 Å². The highest BCUT2D eigenvalue weighted by Crippen LogP contribution is 2.35. The molecule has 0 unspecified atom stereocenters. The fourth-order valence-electron chi connectivity index (χ4n) is 4.81. The zero-order valence-electron chi connectivity index (χ0n) is 21.3. The van der Waals surface area contributed by atoms with Crippen LogP contribution in [0.15, 0.2) is 103 Å². The quantitative estimate of drug-likeness (QED) is 0.216. The van der Waals surface area contributed by atoms with Crippen LogP contribution < -0.4 is 5.32 Å². The Kier molecular flexibility index (Phi) is 6.86. The fraction of sp³-hybridized carbons (Fsp3) is 0.125. The Morgan fingerprint density at radius 3 is 2.48 bits per heavy atom. The number of hydrogen-bond acceptors (Lipinski definition) is 3. The standard InChI is InChI=1S/C32H24F3N3OS/c33-32(34,35)25-11-6-7-21(17-25)19-36-30(39)16-14-26-31(22-8-2-1-3-9-22)37-29-15-13-24(20-38(26)29)28-18-23-10-4-5-12-27(23)40-28/h1-13,15,17-18,20H,14,16,19H2,(H,36,39). The predicted octanol–water partition coefficient (Wildman–Crippen LogP) is 8.15. The number of aryl methyl sites for hydroxylation is 1. The Morgan fingerprint density at radius 1 is 0.875 bits per heavy atom. The van der Waals surface area contributed by atoms with Gasteiger partial charge in [-0.1, -0.05) is 60.7 Å². The van der Waals surface area contributed by atoms with Crippen LogP contribution >= 0.6 is 11.3 Å². The van der Waals surface area contributed by atoms with Gasteiger partial charge >= 0.3 is 6.18 Å². The van der Waals surface area contributed by atoms with Crippen molar-refractivity contribution in [3.8, 4) is 21.7 Å². The van der Waals surface area contributed by atoms with Crippen LogP contribution in [0.5, 0.6) is 0 Å². The maximum atomic E-state index is 13.0. The normalized spacial score (nSPS) is 11.8. The molecule has 200 valence electrons. The zero-order chi connectivity index (χ0) is 27.7. The number of thiophene rings is 1. The second-order valence-corrected chi connectivity index (χ2v) is 10.6. The van der Waals surface area contributed by atoms with E-state index in [9.17, 15) is 18.0 Å². The molecule has 3 heterocycles. The molecule has 1 N–H and O–H groups in total. The highest BCUT2D eigenvalue weighted by molar-refractivity contribution is 7.22. The zero-order valence-corrected chi connectivity index (χ0v) is 22.1. The van der Waals surface area contributed by atoms with E-state index in [1.54, 1.807) is 17.4 Å². The van der Waals surface area contributed by atoms with Crippen molar-refractivity contribution in [2.75, 3.05) is 0 Å². The largest absolute Gasteiger partial charge is 0.416 e. The van der Waals surface area contributed by atoms with E-state index in [4.69, 9.17) is 4.98 Å². The summed E-state index contributed by atoms with van der Waals surface area (Å²) >= 11 is 1.72. The number of carbonyl (C=O) groups is 1. The number of imidazole rings is 1. The van der Waals surface area contributed by atoms with Crippen LogP contribution in [0.3, 0.4) is 0 Å². The number of halogens is 3. The van der Waals surface area contributed by atoms with E-state index in [0.717, 1.165) is 45.2 Å². The molecule has 0 radical (unpaired) electrons. The van der Waals surface area contributed by atoms with Crippen LogP contribution in [0.2, 0.25) is 0 Å². The maximum absolute atomic E-state index is 13.0. The van der Waals surface area contributed by atoms with Gasteiger partial charge in [-0.05, 0) is 53.8 Å². The molecule has 40 heavy (non-hydrogen) atoms. The third-order valence-corrected chi connectivity index (χ3v) is 7.97. The minimum absolute atomic E-state index is 0.0253. The van der Waals surface area contributed by atoms with E-state index in [2.05, 4.69) is 35.8 Å². The van der Waals surface area contributed by atoms with Gasteiger partial charge in [-0.15, -0.1) is 11.3 Å². The highest BCUT2D eigenvalue weighted by atomic mass is 32.1. The number of aromatic nitrogens is 2. The van der Waals surface area contributed by atoms with Crippen LogP contribution in [0.25, 0.3) is 37.4 Å². The Hall–Kier alpha value is -4.43. The average Bonchev–Trinajstić information content (AvgIpc) is 3.56. The van der Waals surface area contributed by atoms with Crippen LogP contribution in [0.1, 0.15) is 23.2 Å². The number of fused-ring (bicyclic) bond motifs is 2. The molecule has 0 spiro atoms. The summed E-state index contributed by atoms with van der Waals surface area (Å²) in [4.78, 5) is 18.8. The van der Waals surface area contributed by atoms with Crippen LogP contribution in [-0.2, 0) is 23.9 Å². The lowest BCUT2D eigenvalue weighted by Crippen LogP contribution is -2.23. The summed E-state index contributed by atoms with van der Waals surface area (Å²) in [5.74, 6) is -0.243. The summed E-state index contributed by atoms with van der Waals surface area (Å²) < 4.78 is 42.4. The molecule has 0 aliphatic carbocycles. The van der Waals surface area contributed by atoms with Crippen molar-refractivity contribution < 1.29 is 18.0 Å². The van der Waals surface area contributed by atoms with Crippen LogP contribution in [0.4, 0.5) is 13.2 Å². The topological polar surface area (TPSA) is 46.4 Å². The molecule has 0 saturated carbocycles. The van der Waals surface area contributed by atoms with Gasteiger partial charge in [-0.3, -0.25) is 4.79 Å². The number of pyridine rings is 1. The number of alkyl halides is 3. The summed E-state index contributed by atoms with van der Waals surface area (Å²) in [6.07, 6.45) is -1.78. The number of nitrogens with zero attached hydrogens (tertiary/aromatic N) is 2.